The quantitative estimate of drug-likeness (QED) is 0.161. The summed E-state index contributed by atoms with van der Waals surface area (Å²) in [6.07, 6.45) is -4.55. The first-order valence-corrected chi connectivity index (χ1v) is 28.2. The van der Waals surface area contributed by atoms with Gasteiger partial charge in [0.05, 0.1) is 33.9 Å². The van der Waals surface area contributed by atoms with Gasteiger partial charge in [0.2, 0.25) is 0 Å². The van der Waals surface area contributed by atoms with Crippen molar-refractivity contribution >= 4 is 79.0 Å². The SMILES string of the molecule is Cc1cc(-c2cc(C#N)ccc2-n2c3ccccc3c3cc(-c4cc5c6c(c4)N(c4cc(C(C)(C)C)cc(C(C)(C)C)c4)c4ccccc4B6c4ccccc4N5c4cc(C(C)(C)C)cc(C(C)(C)C)c4)ccc32)cc(C(F)(F)F)c1. The number of halogens is 3. The molecule has 9 aromatic carbocycles. The molecular formula is C73H68BF3N4. The van der Waals surface area contributed by atoms with Crippen molar-refractivity contribution in [2.24, 2.45) is 0 Å². The average molecular weight is 1070 g/mol. The summed E-state index contributed by atoms with van der Waals surface area (Å²) < 4.78 is 45.5. The van der Waals surface area contributed by atoms with E-state index in [2.05, 4.69) is 231 Å². The molecule has 12 rings (SSSR count). The molecule has 8 heteroatoms. The van der Waals surface area contributed by atoms with Crippen molar-refractivity contribution in [3.8, 4) is 34.0 Å². The molecule has 0 spiro atoms. The molecular weight excluding hydrogens is 1000 g/mol. The highest BCUT2D eigenvalue weighted by molar-refractivity contribution is 7.00. The highest BCUT2D eigenvalue weighted by Gasteiger charge is 2.44. The second-order valence-electron chi connectivity index (χ2n) is 26.7. The van der Waals surface area contributed by atoms with Crippen molar-refractivity contribution in [2.75, 3.05) is 9.80 Å². The molecule has 3 heterocycles. The van der Waals surface area contributed by atoms with Crippen molar-refractivity contribution in [1.82, 2.24) is 4.57 Å². The number of anilines is 6. The van der Waals surface area contributed by atoms with Crippen LogP contribution in [-0.4, -0.2) is 11.3 Å². The van der Waals surface area contributed by atoms with Crippen LogP contribution >= 0.6 is 0 Å². The highest BCUT2D eigenvalue weighted by Crippen LogP contribution is 2.49. The molecule has 0 fully saturated rings. The zero-order valence-electron chi connectivity index (χ0n) is 48.7. The van der Waals surface area contributed by atoms with Crippen molar-refractivity contribution in [3.63, 3.8) is 0 Å². The minimum Gasteiger partial charge on any atom is -0.311 e. The number of hydrogen-bond donors (Lipinski definition) is 0. The summed E-state index contributed by atoms with van der Waals surface area (Å²) in [5.74, 6) is 0. The van der Waals surface area contributed by atoms with E-state index in [0.717, 1.165) is 67.1 Å². The Kier molecular flexibility index (Phi) is 12.3. The lowest BCUT2D eigenvalue weighted by molar-refractivity contribution is -0.137. The molecule has 0 unspecified atom stereocenters. The second kappa shape index (κ2) is 18.6. The molecule has 4 nitrogen and oxygen atoms in total. The maximum atomic E-state index is 14.5. The van der Waals surface area contributed by atoms with Crippen LogP contribution in [0.2, 0.25) is 0 Å². The van der Waals surface area contributed by atoms with E-state index in [1.807, 2.05) is 18.2 Å². The Balaban J connectivity index is 1.17. The smallest absolute Gasteiger partial charge is 0.311 e. The van der Waals surface area contributed by atoms with E-state index in [9.17, 15) is 18.4 Å². The van der Waals surface area contributed by atoms with E-state index in [0.29, 0.717) is 27.9 Å². The number of fused-ring (bicyclic) bond motifs is 7. The fourth-order valence-corrected chi connectivity index (χ4v) is 12.4. The van der Waals surface area contributed by atoms with Crippen LogP contribution in [0, 0.1) is 18.3 Å². The van der Waals surface area contributed by atoms with E-state index in [1.165, 1.54) is 50.8 Å². The second-order valence-corrected chi connectivity index (χ2v) is 26.7. The van der Waals surface area contributed by atoms with Crippen LogP contribution in [0.4, 0.5) is 47.3 Å². The van der Waals surface area contributed by atoms with Gasteiger partial charge in [-0.2, -0.15) is 18.4 Å². The Morgan fingerprint density at radius 2 is 0.901 bits per heavy atom. The number of alkyl halides is 3. The predicted molar refractivity (Wildman–Crippen MR) is 335 cm³/mol. The summed E-state index contributed by atoms with van der Waals surface area (Å²) in [6.45, 7) is 29.2. The standard InChI is InChI=1S/C73H68BF3N4/c1-44-30-48(33-53(31-44)73(75,76)77)57-32-45(43-78)26-28-62(57)81-61-23-17-14-20-56(61)58-34-46(27-29-63(58)81)47-35-66-68-67(36-47)80(55-41-51(71(8,9)10)38-52(42-55)72(11,12)13)65-25-19-16-22-60(65)74(68)59-21-15-18-24-64(59)79(66)54-39-49(69(2,3)4)37-50(40-54)70(5,6)7/h14-42H,1-13H3. The van der Waals surface area contributed by atoms with E-state index >= 15 is 0 Å². The molecule has 0 amide bonds. The maximum absolute atomic E-state index is 14.5. The van der Waals surface area contributed by atoms with Gasteiger partial charge in [-0.1, -0.05) is 162 Å². The molecule has 0 bridgehead atoms. The molecule has 404 valence electrons. The molecule has 0 saturated heterocycles. The van der Waals surface area contributed by atoms with Crippen molar-refractivity contribution < 1.29 is 13.2 Å². The van der Waals surface area contributed by atoms with Crippen molar-refractivity contribution in [2.45, 2.75) is 118 Å². The average Bonchev–Trinajstić information content (AvgIpc) is 1.68. The van der Waals surface area contributed by atoms with Crippen LogP contribution < -0.4 is 26.2 Å². The molecule has 0 N–H and O–H groups in total. The normalized spacial score (nSPS) is 13.6. The molecule has 0 atom stereocenters. The molecule has 0 saturated carbocycles. The van der Waals surface area contributed by atoms with E-state index < -0.39 is 11.7 Å². The van der Waals surface area contributed by atoms with Gasteiger partial charge in [-0.25, -0.2) is 0 Å². The topological polar surface area (TPSA) is 35.2 Å². The van der Waals surface area contributed by atoms with Gasteiger partial charge in [-0.05, 0) is 187 Å². The van der Waals surface area contributed by atoms with Gasteiger partial charge >= 0.3 is 6.18 Å². The summed E-state index contributed by atoms with van der Waals surface area (Å²) in [4.78, 5) is 5.06. The summed E-state index contributed by atoms with van der Waals surface area (Å²) >= 11 is 0. The first-order chi connectivity index (χ1) is 38.2. The van der Waals surface area contributed by atoms with Crippen LogP contribution in [0.1, 0.15) is 122 Å². The van der Waals surface area contributed by atoms with Gasteiger partial charge in [-0.15, -0.1) is 0 Å². The maximum Gasteiger partial charge on any atom is 0.416 e. The number of para-hydroxylation sites is 3. The third-order valence-corrected chi connectivity index (χ3v) is 16.8. The molecule has 10 aromatic rings. The van der Waals surface area contributed by atoms with Gasteiger partial charge in [0, 0.05) is 50.5 Å². The number of nitrogens with zero attached hydrogens (tertiary/aromatic N) is 4. The Morgan fingerprint density at radius 3 is 1.41 bits per heavy atom. The summed E-state index contributed by atoms with van der Waals surface area (Å²) in [5, 5.41) is 12.2. The predicted octanol–water partition coefficient (Wildman–Crippen LogP) is 18.6. The Labute approximate surface area is 476 Å². The van der Waals surface area contributed by atoms with Crippen molar-refractivity contribution in [1.29, 1.82) is 5.26 Å². The van der Waals surface area contributed by atoms with Gasteiger partial charge in [0.15, 0.2) is 0 Å². The van der Waals surface area contributed by atoms with Gasteiger partial charge in [0.25, 0.3) is 6.71 Å². The third kappa shape index (κ3) is 9.20. The Hall–Kier alpha value is -8.28. The van der Waals surface area contributed by atoms with Gasteiger partial charge in [-0.3, -0.25) is 0 Å². The fourth-order valence-electron chi connectivity index (χ4n) is 12.4. The lowest BCUT2D eigenvalue weighted by Crippen LogP contribution is -2.61. The lowest BCUT2D eigenvalue weighted by atomic mass is 9.33. The zero-order valence-corrected chi connectivity index (χ0v) is 48.7. The van der Waals surface area contributed by atoms with Crippen LogP contribution in [0.15, 0.2) is 176 Å². The van der Waals surface area contributed by atoms with Crippen LogP contribution in [-0.2, 0) is 27.8 Å². The van der Waals surface area contributed by atoms with E-state index in [4.69, 9.17) is 0 Å². The molecule has 0 aliphatic carbocycles. The van der Waals surface area contributed by atoms with Crippen LogP contribution in [0.3, 0.4) is 0 Å². The molecule has 1 aromatic heterocycles. The highest BCUT2D eigenvalue weighted by atomic mass is 19.4. The Bertz CT molecular complexity index is 4050. The third-order valence-electron chi connectivity index (χ3n) is 16.8. The monoisotopic (exact) mass is 1070 g/mol. The number of rotatable bonds is 5. The zero-order chi connectivity index (χ0) is 57.5. The number of aromatic nitrogens is 1. The fraction of sp³-hybridized carbons (Fsp3) is 0.247. The van der Waals surface area contributed by atoms with Crippen molar-refractivity contribution in [3.05, 3.63) is 215 Å². The number of hydrogen-bond acceptors (Lipinski definition) is 3. The molecule has 2 aliphatic rings. The van der Waals surface area contributed by atoms with E-state index in [1.54, 1.807) is 25.1 Å². The molecule has 81 heavy (non-hydrogen) atoms. The number of aryl methyl sites for hydroxylation is 1. The minimum absolute atomic E-state index is 0.0765. The first kappa shape index (κ1) is 53.4. The van der Waals surface area contributed by atoms with Crippen LogP contribution in [0.25, 0.3) is 49.7 Å². The van der Waals surface area contributed by atoms with Crippen LogP contribution in [0.5, 0.6) is 0 Å². The summed E-state index contributed by atoms with van der Waals surface area (Å²) in [6, 6.07) is 63.8. The number of nitriles is 1. The first-order valence-electron chi connectivity index (χ1n) is 28.2. The largest absolute Gasteiger partial charge is 0.416 e. The molecule has 0 radical (unpaired) electrons. The molecule has 2 aliphatic heterocycles. The summed E-state index contributed by atoms with van der Waals surface area (Å²) in [5.41, 5.74) is 20.6. The van der Waals surface area contributed by atoms with E-state index in [-0.39, 0.29) is 28.4 Å². The summed E-state index contributed by atoms with van der Waals surface area (Å²) in [7, 11) is 0. The number of benzene rings is 9. The van der Waals surface area contributed by atoms with Gasteiger partial charge in [0.1, 0.15) is 0 Å². The minimum atomic E-state index is -4.55. The Morgan fingerprint density at radius 1 is 0.407 bits per heavy atom. The van der Waals surface area contributed by atoms with Gasteiger partial charge < -0.3 is 14.4 Å². The lowest BCUT2D eigenvalue weighted by Gasteiger charge is -2.45.